The number of carbonyl (C=O) groups is 2. The smallest absolute Gasteiger partial charge is 0.328 e. The predicted octanol–water partition coefficient (Wildman–Crippen LogP) is 0.579. The Hall–Kier alpha value is -1.32. The molecule has 0 aromatic carbocycles. The molecule has 4 heteroatoms. The third-order valence-corrected chi connectivity index (χ3v) is 0.862. The van der Waals surface area contributed by atoms with Gasteiger partial charge in [-0.3, -0.25) is 4.79 Å². The minimum Gasteiger partial charge on any atom is -0.478 e. The summed E-state index contributed by atoms with van der Waals surface area (Å²) in [5.74, 6) is -1.48. The quantitative estimate of drug-likeness (QED) is 0.482. The fourth-order valence-corrected chi connectivity index (χ4v) is 0.519. The molecule has 0 aliphatic carbocycles. The average Bonchev–Trinajstić information content (AvgIpc) is 1.82. The Morgan fingerprint density at radius 2 is 2.09 bits per heavy atom. The molecule has 0 radical (unpaired) electrons. The summed E-state index contributed by atoms with van der Waals surface area (Å²) >= 11 is 0. The lowest BCUT2D eigenvalue weighted by atomic mass is 10.3. The van der Waals surface area contributed by atoms with Crippen LogP contribution >= 0.6 is 0 Å². The minimum atomic E-state index is -1.05. The SMILES string of the molecule is CC(=O)O[C@@H](C)C=CC(=O)O. The van der Waals surface area contributed by atoms with Gasteiger partial charge in [-0.2, -0.15) is 0 Å². The number of carboxylic acid groups (broad SMARTS) is 1. The van der Waals surface area contributed by atoms with Gasteiger partial charge < -0.3 is 9.84 Å². The van der Waals surface area contributed by atoms with Crippen LogP contribution in [-0.4, -0.2) is 23.1 Å². The average molecular weight is 158 g/mol. The van der Waals surface area contributed by atoms with E-state index in [-0.39, 0.29) is 0 Å². The molecule has 1 atom stereocenters. The van der Waals surface area contributed by atoms with Gasteiger partial charge in [-0.15, -0.1) is 0 Å². The van der Waals surface area contributed by atoms with Crippen LogP contribution in [0.4, 0.5) is 0 Å². The van der Waals surface area contributed by atoms with Crippen molar-refractivity contribution in [1.82, 2.24) is 0 Å². The zero-order valence-corrected chi connectivity index (χ0v) is 6.40. The first-order valence-corrected chi connectivity index (χ1v) is 3.10. The molecule has 0 spiro atoms. The Morgan fingerprint density at radius 3 is 2.45 bits per heavy atom. The number of carboxylic acids is 1. The van der Waals surface area contributed by atoms with Gasteiger partial charge in [0.25, 0.3) is 0 Å². The summed E-state index contributed by atoms with van der Waals surface area (Å²) in [6, 6.07) is 0. The van der Waals surface area contributed by atoms with Crippen LogP contribution in [0.15, 0.2) is 12.2 Å². The van der Waals surface area contributed by atoms with E-state index in [2.05, 4.69) is 4.74 Å². The zero-order chi connectivity index (χ0) is 8.85. The first-order chi connectivity index (χ1) is 5.02. The highest BCUT2D eigenvalue weighted by molar-refractivity contribution is 5.79. The molecule has 0 rings (SSSR count). The van der Waals surface area contributed by atoms with Gasteiger partial charge in [-0.1, -0.05) is 0 Å². The Morgan fingerprint density at radius 1 is 1.55 bits per heavy atom. The molecule has 0 heterocycles. The second-order valence-electron chi connectivity index (χ2n) is 2.01. The predicted molar refractivity (Wildman–Crippen MR) is 38.0 cm³/mol. The van der Waals surface area contributed by atoms with E-state index < -0.39 is 18.0 Å². The number of ether oxygens (including phenoxy) is 1. The summed E-state index contributed by atoms with van der Waals surface area (Å²) in [6.45, 7) is 2.85. The number of aliphatic carboxylic acids is 1. The summed E-state index contributed by atoms with van der Waals surface area (Å²) in [6.07, 6.45) is 1.75. The van der Waals surface area contributed by atoms with E-state index in [4.69, 9.17) is 5.11 Å². The van der Waals surface area contributed by atoms with E-state index in [9.17, 15) is 9.59 Å². The highest BCUT2D eigenvalue weighted by atomic mass is 16.5. The first kappa shape index (κ1) is 9.68. The van der Waals surface area contributed by atoms with E-state index >= 15 is 0 Å². The van der Waals surface area contributed by atoms with E-state index in [1.54, 1.807) is 6.92 Å². The van der Waals surface area contributed by atoms with Gasteiger partial charge in [-0.05, 0) is 13.0 Å². The Labute approximate surface area is 64.5 Å². The van der Waals surface area contributed by atoms with Crippen LogP contribution in [0, 0.1) is 0 Å². The number of hydrogen-bond donors (Lipinski definition) is 1. The third kappa shape index (κ3) is 6.57. The molecule has 0 saturated heterocycles. The lowest BCUT2D eigenvalue weighted by Crippen LogP contribution is -2.09. The summed E-state index contributed by atoms with van der Waals surface area (Å²) in [5, 5.41) is 8.17. The standard InChI is InChI=1S/C7H10O4/c1-5(11-6(2)8)3-4-7(9)10/h3-5H,1-2H3,(H,9,10)/t5-/m0/s1. The second-order valence-corrected chi connectivity index (χ2v) is 2.01. The van der Waals surface area contributed by atoms with Gasteiger partial charge in [0, 0.05) is 13.0 Å². The monoisotopic (exact) mass is 158 g/mol. The normalized spacial score (nSPS) is 12.9. The maximum absolute atomic E-state index is 10.3. The highest BCUT2D eigenvalue weighted by Gasteiger charge is 1.99. The van der Waals surface area contributed by atoms with Crippen molar-refractivity contribution in [1.29, 1.82) is 0 Å². The highest BCUT2D eigenvalue weighted by Crippen LogP contribution is 1.92. The van der Waals surface area contributed by atoms with Gasteiger partial charge >= 0.3 is 11.9 Å². The second kappa shape index (κ2) is 4.49. The van der Waals surface area contributed by atoms with Crippen LogP contribution < -0.4 is 0 Å². The Bertz CT molecular complexity index is 183. The largest absolute Gasteiger partial charge is 0.478 e. The van der Waals surface area contributed by atoms with Crippen LogP contribution in [0.2, 0.25) is 0 Å². The lowest BCUT2D eigenvalue weighted by Gasteiger charge is -2.04. The van der Waals surface area contributed by atoms with Gasteiger partial charge in [0.1, 0.15) is 6.10 Å². The molecule has 0 aliphatic rings. The minimum absolute atomic E-state index is 0.424. The lowest BCUT2D eigenvalue weighted by molar-refractivity contribution is -0.143. The fraction of sp³-hybridized carbons (Fsp3) is 0.429. The Balaban J connectivity index is 3.77. The molecular formula is C7H10O4. The van der Waals surface area contributed by atoms with Crippen molar-refractivity contribution in [3.05, 3.63) is 12.2 Å². The van der Waals surface area contributed by atoms with Crippen molar-refractivity contribution in [3.8, 4) is 0 Å². The Kier molecular flexibility index (Phi) is 3.95. The van der Waals surface area contributed by atoms with Gasteiger partial charge in [0.2, 0.25) is 0 Å². The van der Waals surface area contributed by atoms with Gasteiger partial charge in [0.15, 0.2) is 0 Å². The number of carbonyl (C=O) groups excluding carboxylic acids is 1. The molecular weight excluding hydrogens is 148 g/mol. The van der Waals surface area contributed by atoms with Crippen LogP contribution in [0.1, 0.15) is 13.8 Å². The molecule has 0 aromatic heterocycles. The molecule has 0 aromatic rings. The van der Waals surface area contributed by atoms with Crippen molar-refractivity contribution in [2.45, 2.75) is 20.0 Å². The van der Waals surface area contributed by atoms with E-state index in [0.717, 1.165) is 6.08 Å². The molecule has 62 valence electrons. The first-order valence-electron chi connectivity index (χ1n) is 3.10. The summed E-state index contributed by atoms with van der Waals surface area (Å²) in [5.41, 5.74) is 0. The van der Waals surface area contributed by atoms with Crippen molar-refractivity contribution >= 4 is 11.9 Å². The van der Waals surface area contributed by atoms with Crippen molar-refractivity contribution in [2.24, 2.45) is 0 Å². The molecule has 0 bridgehead atoms. The molecule has 0 saturated carbocycles. The molecule has 1 N–H and O–H groups in total. The summed E-state index contributed by atoms with van der Waals surface area (Å²) < 4.78 is 4.61. The maximum Gasteiger partial charge on any atom is 0.328 e. The van der Waals surface area contributed by atoms with E-state index in [1.807, 2.05) is 0 Å². The van der Waals surface area contributed by atoms with Gasteiger partial charge in [0.05, 0.1) is 0 Å². The zero-order valence-electron chi connectivity index (χ0n) is 6.40. The molecule has 0 unspecified atom stereocenters. The van der Waals surface area contributed by atoms with Crippen LogP contribution in [0.3, 0.4) is 0 Å². The van der Waals surface area contributed by atoms with E-state index in [0.29, 0.717) is 0 Å². The third-order valence-electron chi connectivity index (χ3n) is 0.862. The molecule has 11 heavy (non-hydrogen) atoms. The number of rotatable bonds is 3. The molecule has 4 nitrogen and oxygen atoms in total. The fourth-order valence-electron chi connectivity index (χ4n) is 0.519. The van der Waals surface area contributed by atoms with Crippen molar-refractivity contribution in [3.63, 3.8) is 0 Å². The number of esters is 1. The van der Waals surface area contributed by atoms with Crippen molar-refractivity contribution < 1.29 is 19.4 Å². The van der Waals surface area contributed by atoms with Crippen LogP contribution in [-0.2, 0) is 14.3 Å². The van der Waals surface area contributed by atoms with Gasteiger partial charge in [-0.25, -0.2) is 4.79 Å². The molecule has 0 aliphatic heterocycles. The van der Waals surface area contributed by atoms with Crippen LogP contribution in [0.25, 0.3) is 0 Å². The van der Waals surface area contributed by atoms with Crippen LogP contribution in [0.5, 0.6) is 0 Å². The number of hydrogen-bond acceptors (Lipinski definition) is 3. The topological polar surface area (TPSA) is 63.6 Å². The summed E-state index contributed by atoms with van der Waals surface area (Å²) in [4.78, 5) is 20.3. The molecule has 0 amide bonds. The molecule has 0 fully saturated rings. The summed E-state index contributed by atoms with van der Waals surface area (Å²) in [7, 11) is 0. The maximum atomic E-state index is 10.3. The van der Waals surface area contributed by atoms with Crippen molar-refractivity contribution in [2.75, 3.05) is 0 Å². The van der Waals surface area contributed by atoms with E-state index in [1.165, 1.54) is 13.0 Å².